The van der Waals surface area contributed by atoms with Crippen LogP contribution in [0.1, 0.15) is 33.1 Å². The SMILES string of the molecule is CCCNCCC(C)N1CCCSCC1. The second-order valence-corrected chi connectivity index (χ2v) is 5.61. The molecule has 0 radical (unpaired) electrons. The number of rotatable bonds is 6. The van der Waals surface area contributed by atoms with E-state index in [9.17, 15) is 0 Å². The van der Waals surface area contributed by atoms with Crippen molar-refractivity contribution in [2.45, 2.75) is 39.2 Å². The van der Waals surface area contributed by atoms with Gasteiger partial charge in [0.15, 0.2) is 0 Å². The highest BCUT2D eigenvalue weighted by molar-refractivity contribution is 7.99. The second kappa shape index (κ2) is 8.43. The molecule has 0 amide bonds. The molecule has 2 nitrogen and oxygen atoms in total. The molecule has 1 fully saturated rings. The van der Waals surface area contributed by atoms with E-state index in [4.69, 9.17) is 0 Å². The van der Waals surface area contributed by atoms with Crippen LogP contribution in [-0.2, 0) is 0 Å². The van der Waals surface area contributed by atoms with E-state index in [1.807, 2.05) is 0 Å². The Kier molecular flexibility index (Phi) is 7.49. The van der Waals surface area contributed by atoms with Crippen LogP contribution in [0.5, 0.6) is 0 Å². The summed E-state index contributed by atoms with van der Waals surface area (Å²) >= 11 is 2.11. The van der Waals surface area contributed by atoms with Crippen molar-refractivity contribution in [2.75, 3.05) is 37.7 Å². The highest BCUT2D eigenvalue weighted by Crippen LogP contribution is 2.13. The minimum Gasteiger partial charge on any atom is -0.317 e. The average Bonchev–Trinajstić information content (AvgIpc) is 2.52. The summed E-state index contributed by atoms with van der Waals surface area (Å²) in [5.41, 5.74) is 0. The van der Waals surface area contributed by atoms with Gasteiger partial charge in [-0.25, -0.2) is 0 Å². The molecule has 15 heavy (non-hydrogen) atoms. The van der Waals surface area contributed by atoms with Crippen molar-refractivity contribution in [3.63, 3.8) is 0 Å². The molecule has 0 aromatic carbocycles. The summed E-state index contributed by atoms with van der Waals surface area (Å²) in [6, 6.07) is 0.757. The predicted octanol–water partition coefficient (Wildman–Crippen LogP) is 2.20. The molecule has 0 saturated carbocycles. The first-order valence-electron chi connectivity index (χ1n) is 6.37. The fourth-order valence-electron chi connectivity index (χ4n) is 2.00. The Balaban J connectivity index is 2.11. The number of hydrogen-bond donors (Lipinski definition) is 1. The van der Waals surface area contributed by atoms with E-state index < -0.39 is 0 Å². The molecule has 1 unspecified atom stereocenters. The van der Waals surface area contributed by atoms with Gasteiger partial charge in [0.25, 0.3) is 0 Å². The van der Waals surface area contributed by atoms with E-state index in [2.05, 4.69) is 35.8 Å². The monoisotopic (exact) mass is 230 g/mol. The summed E-state index contributed by atoms with van der Waals surface area (Å²) in [6.45, 7) is 9.55. The molecule has 1 rings (SSSR count). The first-order chi connectivity index (χ1) is 7.34. The van der Waals surface area contributed by atoms with Crippen molar-refractivity contribution < 1.29 is 0 Å². The first-order valence-corrected chi connectivity index (χ1v) is 7.52. The first kappa shape index (κ1) is 13.3. The maximum absolute atomic E-state index is 3.49. The number of nitrogens with one attached hydrogen (secondary N) is 1. The molecule has 1 saturated heterocycles. The molecule has 1 atom stereocenters. The maximum Gasteiger partial charge on any atom is 0.00793 e. The van der Waals surface area contributed by atoms with Crippen LogP contribution in [0.15, 0.2) is 0 Å². The van der Waals surface area contributed by atoms with Gasteiger partial charge in [-0.05, 0) is 51.6 Å². The Labute approximate surface area is 99.2 Å². The van der Waals surface area contributed by atoms with Gasteiger partial charge in [0.1, 0.15) is 0 Å². The van der Waals surface area contributed by atoms with Gasteiger partial charge in [-0.2, -0.15) is 11.8 Å². The van der Waals surface area contributed by atoms with E-state index in [0.29, 0.717) is 0 Å². The van der Waals surface area contributed by atoms with Crippen LogP contribution in [0.2, 0.25) is 0 Å². The lowest BCUT2D eigenvalue weighted by molar-refractivity contribution is 0.214. The third kappa shape index (κ3) is 5.79. The normalized spacial score (nSPS) is 21.2. The number of hydrogen-bond acceptors (Lipinski definition) is 3. The van der Waals surface area contributed by atoms with Crippen molar-refractivity contribution in [2.24, 2.45) is 0 Å². The largest absolute Gasteiger partial charge is 0.317 e. The smallest absolute Gasteiger partial charge is 0.00793 e. The topological polar surface area (TPSA) is 15.3 Å². The van der Waals surface area contributed by atoms with Gasteiger partial charge in [0.2, 0.25) is 0 Å². The van der Waals surface area contributed by atoms with Crippen LogP contribution in [0.25, 0.3) is 0 Å². The zero-order chi connectivity index (χ0) is 10.9. The molecule has 1 aliphatic rings. The molecule has 90 valence electrons. The lowest BCUT2D eigenvalue weighted by atomic mass is 10.2. The van der Waals surface area contributed by atoms with Crippen LogP contribution in [0.3, 0.4) is 0 Å². The van der Waals surface area contributed by atoms with Crippen molar-refractivity contribution >= 4 is 11.8 Å². The fraction of sp³-hybridized carbons (Fsp3) is 1.00. The van der Waals surface area contributed by atoms with Gasteiger partial charge in [-0.3, -0.25) is 4.90 Å². The molecule has 0 bridgehead atoms. The van der Waals surface area contributed by atoms with E-state index in [1.165, 1.54) is 56.9 Å². The molecular formula is C12H26N2S. The van der Waals surface area contributed by atoms with E-state index in [0.717, 1.165) is 6.04 Å². The van der Waals surface area contributed by atoms with Gasteiger partial charge in [-0.1, -0.05) is 6.92 Å². The zero-order valence-electron chi connectivity index (χ0n) is 10.3. The molecule has 3 heteroatoms. The Morgan fingerprint density at radius 1 is 1.27 bits per heavy atom. The van der Waals surface area contributed by atoms with Crippen LogP contribution >= 0.6 is 11.8 Å². The summed E-state index contributed by atoms with van der Waals surface area (Å²) in [5, 5.41) is 3.49. The van der Waals surface area contributed by atoms with Crippen molar-refractivity contribution in [1.29, 1.82) is 0 Å². The van der Waals surface area contributed by atoms with Gasteiger partial charge in [0, 0.05) is 18.3 Å². The maximum atomic E-state index is 3.49. The lowest BCUT2D eigenvalue weighted by Crippen LogP contribution is -2.37. The van der Waals surface area contributed by atoms with Gasteiger partial charge >= 0.3 is 0 Å². The minimum atomic E-state index is 0.757. The molecule has 0 aliphatic carbocycles. The third-order valence-electron chi connectivity index (χ3n) is 3.05. The van der Waals surface area contributed by atoms with Crippen LogP contribution in [0.4, 0.5) is 0 Å². The zero-order valence-corrected chi connectivity index (χ0v) is 11.1. The number of nitrogens with zero attached hydrogens (tertiary/aromatic N) is 1. The Morgan fingerprint density at radius 2 is 2.13 bits per heavy atom. The van der Waals surface area contributed by atoms with E-state index in [1.54, 1.807) is 0 Å². The summed E-state index contributed by atoms with van der Waals surface area (Å²) in [4.78, 5) is 2.66. The summed E-state index contributed by atoms with van der Waals surface area (Å²) in [5.74, 6) is 2.68. The molecule has 1 aliphatic heterocycles. The lowest BCUT2D eigenvalue weighted by Gasteiger charge is -2.27. The summed E-state index contributed by atoms with van der Waals surface area (Å²) in [7, 11) is 0. The highest BCUT2D eigenvalue weighted by atomic mass is 32.2. The third-order valence-corrected chi connectivity index (χ3v) is 4.09. The van der Waals surface area contributed by atoms with Crippen molar-refractivity contribution in [3.05, 3.63) is 0 Å². The quantitative estimate of drug-likeness (QED) is 0.704. The standard InChI is InChI=1S/C12H26N2S/c1-3-6-13-7-5-12(2)14-8-4-10-15-11-9-14/h12-13H,3-11H2,1-2H3. The van der Waals surface area contributed by atoms with Crippen LogP contribution < -0.4 is 5.32 Å². The molecule has 0 spiro atoms. The second-order valence-electron chi connectivity index (χ2n) is 4.39. The Hall–Kier alpha value is 0.270. The summed E-state index contributed by atoms with van der Waals surface area (Å²) in [6.07, 6.45) is 3.91. The Bertz CT molecular complexity index is 145. The van der Waals surface area contributed by atoms with Gasteiger partial charge in [-0.15, -0.1) is 0 Å². The molecule has 0 aromatic rings. The molecular weight excluding hydrogens is 204 g/mol. The fourth-order valence-corrected chi connectivity index (χ4v) is 2.90. The molecule has 1 N–H and O–H groups in total. The molecule has 1 heterocycles. The van der Waals surface area contributed by atoms with Crippen molar-refractivity contribution in [1.82, 2.24) is 10.2 Å². The predicted molar refractivity (Wildman–Crippen MR) is 70.8 cm³/mol. The van der Waals surface area contributed by atoms with Crippen LogP contribution in [0, 0.1) is 0 Å². The summed E-state index contributed by atoms with van der Waals surface area (Å²) < 4.78 is 0. The van der Waals surface area contributed by atoms with Gasteiger partial charge in [0.05, 0.1) is 0 Å². The average molecular weight is 230 g/mol. The minimum absolute atomic E-state index is 0.757. The Morgan fingerprint density at radius 3 is 2.93 bits per heavy atom. The van der Waals surface area contributed by atoms with Gasteiger partial charge < -0.3 is 5.32 Å². The molecule has 0 aromatic heterocycles. The van der Waals surface area contributed by atoms with Crippen LogP contribution in [-0.4, -0.2) is 48.6 Å². The highest BCUT2D eigenvalue weighted by Gasteiger charge is 2.14. The number of thioether (sulfide) groups is 1. The van der Waals surface area contributed by atoms with E-state index in [-0.39, 0.29) is 0 Å². The van der Waals surface area contributed by atoms with E-state index >= 15 is 0 Å². The van der Waals surface area contributed by atoms with Crippen molar-refractivity contribution in [3.8, 4) is 0 Å².